The molecule has 5 heteroatoms. The summed E-state index contributed by atoms with van der Waals surface area (Å²) < 4.78 is 4.61. The van der Waals surface area contributed by atoms with Gasteiger partial charge >= 0.3 is 5.97 Å². The van der Waals surface area contributed by atoms with Crippen LogP contribution < -0.4 is 5.73 Å². The van der Waals surface area contributed by atoms with Crippen molar-refractivity contribution in [2.45, 2.75) is 6.42 Å². The average molecular weight is 195 g/mol. The van der Waals surface area contributed by atoms with E-state index in [1.54, 1.807) is 12.3 Å². The lowest BCUT2D eigenvalue weighted by molar-refractivity contribution is -0.145. The molecule has 0 aliphatic carbocycles. The molecule has 14 heavy (non-hydrogen) atoms. The first kappa shape index (κ1) is 10.6. The van der Waals surface area contributed by atoms with Crippen molar-refractivity contribution in [1.29, 1.82) is 0 Å². The lowest BCUT2D eigenvalue weighted by atomic mass is 10.0. The number of rotatable bonds is 4. The van der Waals surface area contributed by atoms with Gasteiger partial charge < -0.3 is 10.5 Å². The zero-order chi connectivity index (χ0) is 10.4. The van der Waals surface area contributed by atoms with Crippen LogP contribution in [0, 0.1) is 5.92 Å². The number of methoxy groups -OCH3 is 1. The molecule has 76 valence electrons. The Morgan fingerprint density at radius 3 is 3.00 bits per heavy atom. The lowest BCUT2D eigenvalue weighted by Crippen LogP contribution is -2.27. The molecular formula is C9H13N3O2. The zero-order valence-corrected chi connectivity index (χ0v) is 8.01. The molecule has 0 aliphatic heterocycles. The second-order valence-corrected chi connectivity index (χ2v) is 2.86. The number of hydrogen-bond acceptors (Lipinski definition) is 5. The minimum Gasteiger partial charge on any atom is -0.469 e. The number of aromatic nitrogens is 2. The Morgan fingerprint density at radius 2 is 2.50 bits per heavy atom. The van der Waals surface area contributed by atoms with Crippen LogP contribution in [0.1, 0.15) is 5.69 Å². The van der Waals surface area contributed by atoms with E-state index in [4.69, 9.17) is 5.73 Å². The van der Waals surface area contributed by atoms with E-state index in [-0.39, 0.29) is 18.4 Å². The van der Waals surface area contributed by atoms with Gasteiger partial charge in [0.2, 0.25) is 0 Å². The molecule has 1 heterocycles. The van der Waals surface area contributed by atoms with Crippen LogP contribution in [0.3, 0.4) is 0 Å². The van der Waals surface area contributed by atoms with Crippen LogP contribution in [0.5, 0.6) is 0 Å². The molecule has 0 amide bonds. The number of hydrogen-bond donors (Lipinski definition) is 1. The van der Waals surface area contributed by atoms with E-state index < -0.39 is 0 Å². The Labute approximate surface area is 82.3 Å². The standard InChI is InChI=1S/C9H13N3O2/c1-14-9(13)7(5-10)4-8-2-3-11-6-12-8/h2-3,6-7H,4-5,10H2,1H3. The highest BCUT2D eigenvalue weighted by atomic mass is 16.5. The molecule has 0 radical (unpaired) electrons. The first-order chi connectivity index (χ1) is 6.77. The van der Waals surface area contributed by atoms with Crippen LogP contribution in [0.2, 0.25) is 0 Å². The van der Waals surface area contributed by atoms with Crippen LogP contribution >= 0.6 is 0 Å². The van der Waals surface area contributed by atoms with Gasteiger partial charge in [0, 0.05) is 24.9 Å². The largest absolute Gasteiger partial charge is 0.469 e. The van der Waals surface area contributed by atoms with Gasteiger partial charge in [0.05, 0.1) is 13.0 Å². The van der Waals surface area contributed by atoms with Gasteiger partial charge in [-0.1, -0.05) is 0 Å². The number of esters is 1. The molecule has 0 saturated heterocycles. The molecule has 0 saturated carbocycles. The van der Waals surface area contributed by atoms with Gasteiger partial charge in [-0.25, -0.2) is 9.97 Å². The molecule has 1 aromatic heterocycles. The predicted octanol–water partition coefficient (Wildman–Crippen LogP) is -0.233. The smallest absolute Gasteiger partial charge is 0.310 e. The summed E-state index contributed by atoms with van der Waals surface area (Å²) in [6, 6.07) is 1.76. The fraction of sp³-hybridized carbons (Fsp3) is 0.444. The molecular weight excluding hydrogens is 182 g/mol. The monoisotopic (exact) mass is 195 g/mol. The molecule has 0 aliphatic rings. The van der Waals surface area contributed by atoms with E-state index in [0.29, 0.717) is 6.42 Å². The first-order valence-corrected chi connectivity index (χ1v) is 4.30. The minimum absolute atomic E-state index is 0.261. The highest BCUT2D eigenvalue weighted by molar-refractivity contribution is 5.72. The number of carbonyl (C=O) groups is 1. The third kappa shape index (κ3) is 2.77. The minimum atomic E-state index is -0.324. The molecule has 1 rings (SSSR count). The quantitative estimate of drug-likeness (QED) is 0.671. The van der Waals surface area contributed by atoms with Crippen LogP contribution in [-0.2, 0) is 16.0 Å². The molecule has 0 aromatic carbocycles. The second kappa shape index (κ2) is 5.29. The maximum absolute atomic E-state index is 11.2. The number of carbonyl (C=O) groups excluding carboxylic acids is 1. The summed E-state index contributed by atoms with van der Waals surface area (Å²) in [6.45, 7) is 0.261. The maximum Gasteiger partial charge on any atom is 0.310 e. The number of nitrogens with two attached hydrogens (primary N) is 1. The Morgan fingerprint density at radius 1 is 1.71 bits per heavy atom. The van der Waals surface area contributed by atoms with E-state index in [1.165, 1.54) is 13.4 Å². The molecule has 2 N–H and O–H groups in total. The van der Waals surface area contributed by atoms with Crippen molar-refractivity contribution in [3.05, 3.63) is 24.3 Å². The fourth-order valence-electron chi connectivity index (χ4n) is 1.12. The van der Waals surface area contributed by atoms with Crippen molar-refractivity contribution in [2.24, 2.45) is 11.7 Å². The van der Waals surface area contributed by atoms with E-state index in [1.807, 2.05) is 0 Å². The van der Waals surface area contributed by atoms with Gasteiger partial charge in [0.15, 0.2) is 0 Å². The van der Waals surface area contributed by atoms with Gasteiger partial charge in [0.1, 0.15) is 6.33 Å². The summed E-state index contributed by atoms with van der Waals surface area (Å²) in [5.41, 5.74) is 6.25. The molecule has 5 nitrogen and oxygen atoms in total. The lowest BCUT2D eigenvalue weighted by Gasteiger charge is -2.10. The van der Waals surface area contributed by atoms with Crippen LogP contribution in [0.15, 0.2) is 18.6 Å². The highest BCUT2D eigenvalue weighted by Gasteiger charge is 2.18. The van der Waals surface area contributed by atoms with E-state index in [9.17, 15) is 4.79 Å². The zero-order valence-electron chi connectivity index (χ0n) is 8.01. The second-order valence-electron chi connectivity index (χ2n) is 2.86. The summed E-state index contributed by atoms with van der Waals surface area (Å²) >= 11 is 0. The van der Waals surface area contributed by atoms with Crippen molar-refractivity contribution in [3.63, 3.8) is 0 Å². The molecule has 0 bridgehead atoms. The van der Waals surface area contributed by atoms with Gasteiger partial charge in [0.25, 0.3) is 0 Å². The number of ether oxygens (including phenoxy) is 1. The summed E-state index contributed by atoms with van der Waals surface area (Å²) in [7, 11) is 1.35. The van der Waals surface area contributed by atoms with Gasteiger partial charge in [-0.15, -0.1) is 0 Å². The highest BCUT2D eigenvalue weighted by Crippen LogP contribution is 2.05. The molecule has 0 spiro atoms. The van der Waals surface area contributed by atoms with Gasteiger partial charge in [-0.2, -0.15) is 0 Å². The first-order valence-electron chi connectivity index (χ1n) is 4.30. The Hall–Kier alpha value is -1.49. The third-order valence-electron chi connectivity index (χ3n) is 1.92. The Kier molecular flexibility index (Phi) is 4.00. The van der Waals surface area contributed by atoms with Crippen LogP contribution in [-0.4, -0.2) is 29.6 Å². The van der Waals surface area contributed by atoms with Crippen LogP contribution in [0.25, 0.3) is 0 Å². The summed E-state index contributed by atoms with van der Waals surface area (Å²) in [4.78, 5) is 19.0. The van der Waals surface area contributed by atoms with Crippen LogP contribution in [0.4, 0.5) is 0 Å². The summed E-state index contributed by atoms with van der Waals surface area (Å²) in [5, 5.41) is 0. The summed E-state index contributed by atoms with van der Waals surface area (Å²) in [5.74, 6) is -0.624. The molecule has 0 fully saturated rings. The number of nitrogens with zero attached hydrogens (tertiary/aromatic N) is 2. The normalized spacial score (nSPS) is 12.1. The predicted molar refractivity (Wildman–Crippen MR) is 50.3 cm³/mol. The van der Waals surface area contributed by atoms with Crippen molar-refractivity contribution in [3.8, 4) is 0 Å². The van der Waals surface area contributed by atoms with Gasteiger partial charge in [-0.3, -0.25) is 4.79 Å². The van der Waals surface area contributed by atoms with Crippen molar-refractivity contribution < 1.29 is 9.53 Å². The average Bonchev–Trinajstić information content (AvgIpc) is 2.26. The van der Waals surface area contributed by atoms with Crippen molar-refractivity contribution in [2.75, 3.05) is 13.7 Å². The Bertz CT molecular complexity index is 289. The van der Waals surface area contributed by atoms with E-state index in [0.717, 1.165) is 5.69 Å². The Balaban J connectivity index is 2.62. The van der Waals surface area contributed by atoms with E-state index in [2.05, 4.69) is 14.7 Å². The molecule has 1 atom stereocenters. The van der Waals surface area contributed by atoms with Crippen molar-refractivity contribution >= 4 is 5.97 Å². The third-order valence-corrected chi connectivity index (χ3v) is 1.92. The van der Waals surface area contributed by atoms with E-state index >= 15 is 0 Å². The maximum atomic E-state index is 11.2. The van der Waals surface area contributed by atoms with Crippen molar-refractivity contribution in [1.82, 2.24) is 9.97 Å². The topological polar surface area (TPSA) is 78.1 Å². The molecule has 1 aromatic rings. The SMILES string of the molecule is COC(=O)C(CN)Cc1ccncn1. The fourth-order valence-corrected chi connectivity index (χ4v) is 1.12. The summed E-state index contributed by atoms with van der Waals surface area (Å²) in [6.07, 6.45) is 3.57. The molecule has 1 unspecified atom stereocenters. The van der Waals surface area contributed by atoms with Gasteiger partial charge in [-0.05, 0) is 6.07 Å².